The average Bonchev–Trinajstić information content (AvgIpc) is 2.61. The van der Waals surface area contributed by atoms with E-state index in [-0.39, 0.29) is 6.03 Å². The van der Waals surface area contributed by atoms with Crippen molar-refractivity contribution in [1.82, 2.24) is 15.2 Å². The lowest BCUT2D eigenvalue weighted by Crippen LogP contribution is -2.42. The highest BCUT2D eigenvalue weighted by molar-refractivity contribution is 7.98. The molecule has 4 nitrogen and oxygen atoms in total. The first-order valence-electron chi connectivity index (χ1n) is 8.70. The maximum Gasteiger partial charge on any atom is 0.317 e. The van der Waals surface area contributed by atoms with E-state index in [9.17, 15) is 4.79 Å². The lowest BCUT2D eigenvalue weighted by Gasteiger charge is -2.27. The minimum atomic E-state index is 0.0617. The Balaban J connectivity index is 1.79. The zero-order valence-corrected chi connectivity index (χ0v) is 15.0. The third-order valence-electron chi connectivity index (χ3n) is 4.58. The van der Waals surface area contributed by atoms with Crippen LogP contribution in [0.15, 0.2) is 24.5 Å². The third kappa shape index (κ3) is 6.81. The van der Waals surface area contributed by atoms with E-state index in [0.29, 0.717) is 6.54 Å². The van der Waals surface area contributed by atoms with Crippen molar-refractivity contribution in [2.75, 3.05) is 25.1 Å². The highest BCUT2D eigenvalue weighted by Crippen LogP contribution is 2.26. The number of thioether (sulfide) groups is 1. The molecule has 128 valence electrons. The van der Waals surface area contributed by atoms with E-state index in [2.05, 4.69) is 16.6 Å². The fourth-order valence-electron chi connectivity index (χ4n) is 3.12. The number of rotatable bonds is 8. The fraction of sp³-hybridized carbons (Fsp3) is 0.667. The summed E-state index contributed by atoms with van der Waals surface area (Å²) in [6.45, 7) is 2.28. The minimum absolute atomic E-state index is 0.0617. The molecule has 1 heterocycles. The summed E-state index contributed by atoms with van der Waals surface area (Å²) in [6.07, 6.45) is 13.6. The number of amides is 2. The van der Waals surface area contributed by atoms with Crippen LogP contribution in [0, 0.1) is 5.92 Å². The summed E-state index contributed by atoms with van der Waals surface area (Å²) in [6, 6.07) is 3.94. The molecule has 1 aromatic rings. The molecule has 2 amide bonds. The molecule has 2 rings (SSSR count). The first-order valence-corrected chi connectivity index (χ1v) is 10.1. The third-order valence-corrected chi connectivity index (χ3v) is 5.17. The zero-order valence-electron chi connectivity index (χ0n) is 14.2. The van der Waals surface area contributed by atoms with Crippen LogP contribution < -0.4 is 5.32 Å². The normalized spacial score (nSPS) is 15.3. The van der Waals surface area contributed by atoms with Crippen molar-refractivity contribution < 1.29 is 4.79 Å². The Bertz CT molecular complexity index is 449. The Kier molecular flexibility index (Phi) is 8.29. The molecular weight excluding hydrogens is 306 g/mol. The smallest absolute Gasteiger partial charge is 0.317 e. The number of pyridine rings is 1. The van der Waals surface area contributed by atoms with E-state index in [0.717, 1.165) is 36.7 Å². The van der Waals surface area contributed by atoms with E-state index in [4.69, 9.17) is 0 Å². The van der Waals surface area contributed by atoms with Gasteiger partial charge in [-0.2, -0.15) is 11.8 Å². The van der Waals surface area contributed by atoms with Crippen LogP contribution >= 0.6 is 11.8 Å². The number of carbonyl (C=O) groups is 1. The maximum atomic E-state index is 12.5. The van der Waals surface area contributed by atoms with Crippen molar-refractivity contribution in [1.29, 1.82) is 0 Å². The van der Waals surface area contributed by atoms with Gasteiger partial charge in [0.1, 0.15) is 0 Å². The number of aromatic nitrogens is 1. The van der Waals surface area contributed by atoms with Crippen molar-refractivity contribution in [2.24, 2.45) is 5.92 Å². The molecule has 1 aliphatic carbocycles. The molecule has 0 spiro atoms. The molecule has 23 heavy (non-hydrogen) atoms. The Morgan fingerprint density at radius 3 is 2.70 bits per heavy atom. The van der Waals surface area contributed by atoms with Crippen LogP contribution in [-0.2, 0) is 6.54 Å². The Hall–Kier alpha value is -1.23. The topological polar surface area (TPSA) is 45.2 Å². The standard InChI is InChI=1S/C18H29N3OS/c1-23-14-13-21(12-9-16-5-3-2-4-6-16)18(22)20-15-17-7-10-19-11-8-17/h7-8,10-11,16H,2-6,9,12-15H2,1H3,(H,20,22). The molecule has 0 aliphatic heterocycles. The van der Waals surface area contributed by atoms with Crippen LogP contribution in [0.5, 0.6) is 0 Å². The van der Waals surface area contributed by atoms with E-state index in [1.807, 2.05) is 17.0 Å². The molecule has 5 heteroatoms. The van der Waals surface area contributed by atoms with Gasteiger partial charge in [0.05, 0.1) is 0 Å². The first kappa shape index (κ1) is 18.1. The van der Waals surface area contributed by atoms with Gasteiger partial charge in [0.25, 0.3) is 0 Å². The van der Waals surface area contributed by atoms with Gasteiger partial charge in [-0.15, -0.1) is 0 Å². The maximum absolute atomic E-state index is 12.5. The van der Waals surface area contributed by atoms with Crippen molar-refractivity contribution >= 4 is 17.8 Å². The van der Waals surface area contributed by atoms with Crippen LogP contribution in [0.25, 0.3) is 0 Å². The first-order chi connectivity index (χ1) is 11.3. The molecule has 0 bridgehead atoms. The van der Waals surface area contributed by atoms with Crippen molar-refractivity contribution in [3.8, 4) is 0 Å². The van der Waals surface area contributed by atoms with Crippen LogP contribution in [0.1, 0.15) is 44.1 Å². The molecular formula is C18H29N3OS. The SMILES string of the molecule is CSCCN(CCC1CCCCC1)C(=O)NCc1ccncc1. The number of hydrogen-bond acceptors (Lipinski definition) is 3. The summed E-state index contributed by atoms with van der Waals surface area (Å²) in [5.74, 6) is 1.81. The molecule has 1 aromatic heterocycles. The second-order valence-electron chi connectivity index (χ2n) is 6.29. The summed E-state index contributed by atoms with van der Waals surface area (Å²) in [5, 5.41) is 3.05. The zero-order chi connectivity index (χ0) is 16.3. The van der Waals surface area contributed by atoms with Gasteiger partial charge in [-0.3, -0.25) is 4.98 Å². The van der Waals surface area contributed by atoms with Gasteiger partial charge in [0, 0.05) is 37.8 Å². The number of nitrogens with zero attached hydrogens (tertiary/aromatic N) is 2. The quantitative estimate of drug-likeness (QED) is 0.783. The molecule has 1 N–H and O–H groups in total. The van der Waals surface area contributed by atoms with Gasteiger partial charge in [-0.1, -0.05) is 32.1 Å². The Morgan fingerprint density at radius 2 is 2.00 bits per heavy atom. The number of hydrogen-bond donors (Lipinski definition) is 1. The molecule has 0 saturated heterocycles. The molecule has 0 atom stereocenters. The molecule has 1 aliphatic rings. The average molecular weight is 336 g/mol. The molecule has 0 unspecified atom stereocenters. The van der Waals surface area contributed by atoms with E-state index >= 15 is 0 Å². The largest absolute Gasteiger partial charge is 0.334 e. The van der Waals surface area contributed by atoms with Gasteiger partial charge in [-0.05, 0) is 36.3 Å². The molecule has 0 aromatic carbocycles. The number of carbonyl (C=O) groups excluding carboxylic acids is 1. The second kappa shape index (κ2) is 10.5. The van der Waals surface area contributed by atoms with E-state index < -0.39 is 0 Å². The Morgan fingerprint density at radius 1 is 1.26 bits per heavy atom. The highest BCUT2D eigenvalue weighted by Gasteiger charge is 2.17. The van der Waals surface area contributed by atoms with Crippen molar-refractivity contribution in [3.63, 3.8) is 0 Å². The minimum Gasteiger partial charge on any atom is -0.334 e. The molecule has 1 fully saturated rings. The summed E-state index contributed by atoms with van der Waals surface area (Å²) in [4.78, 5) is 18.5. The van der Waals surface area contributed by atoms with E-state index in [1.165, 1.54) is 32.1 Å². The highest BCUT2D eigenvalue weighted by atomic mass is 32.2. The van der Waals surface area contributed by atoms with E-state index in [1.54, 1.807) is 24.2 Å². The summed E-state index contributed by atoms with van der Waals surface area (Å²) < 4.78 is 0. The monoisotopic (exact) mass is 335 g/mol. The fourth-order valence-corrected chi connectivity index (χ4v) is 3.52. The van der Waals surface area contributed by atoms with Crippen LogP contribution in [-0.4, -0.2) is 41.0 Å². The lowest BCUT2D eigenvalue weighted by molar-refractivity contribution is 0.193. The van der Waals surface area contributed by atoms with Crippen molar-refractivity contribution in [2.45, 2.75) is 45.1 Å². The van der Waals surface area contributed by atoms with Gasteiger partial charge in [0.2, 0.25) is 0 Å². The van der Waals surface area contributed by atoms with Crippen LogP contribution in [0.4, 0.5) is 4.79 Å². The predicted octanol–water partition coefficient (Wildman–Crippen LogP) is 3.93. The summed E-state index contributed by atoms with van der Waals surface area (Å²) in [7, 11) is 0. The molecule has 0 radical (unpaired) electrons. The number of nitrogens with one attached hydrogen (secondary N) is 1. The molecule has 1 saturated carbocycles. The second-order valence-corrected chi connectivity index (χ2v) is 7.27. The Labute approximate surface area is 144 Å². The van der Waals surface area contributed by atoms with Crippen LogP contribution in [0.3, 0.4) is 0 Å². The van der Waals surface area contributed by atoms with Gasteiger partial charge >= 0.3 is 6.03 Å². The van der Waals surface area contributed by atoms with Gasteiger partial charge < -0.3 is 10.2 Å². The summed E-state index contributed by atoms with van der Waals surface area (Å²) >= 11 is 1.79. The van der Waals surface area contributed by atoms with Crippen molar-refractivity contribution in [3.05, 3.63) is 30.1 Å². The summed E-state index contributed by atoms with van der Waals surface area (Å²) in [5.41, 5.74) is 1.09. The predicted molar refractivity (Wildman–Crippen MR) is 97.6 cm³/mol. The number of urea groups is 1. The van der Waals surface area contributed by atoms with Gasteiger partial charge in [-0.25, -0.2) is 4.79 Å². The van der Waals surface area contributed by atoms with Crippen LogP contribution in [0.2, 0.25) is 0 Å². The lowest BCUT2D eigenvalue weighted by atomic mass is 9.87. The van der Waals surface area contributed by atoms with Gasteiger partial charge in [0.15, 0.2) is 0 Å².